The van der Waals surface area contributed by atoms with Gasteiger partial charge in [0.2, 0.25) is 5.91 Å². The van der Waals surface area contributed by atoms with Gasteiger partial charge in [0.15, 0.2) is 0 Å². The number of aromatic nitrogens is 2. The number of nitrogens with two attached hydrogens (primary N) is 1. The van der Waals surface area contributed by atoms with E-state index in [0.29, 0.717) is 30.1 Å². The minimum atomic E-state index is -0.483. The van der Waals surface area contributed by atoms with Crippen molar-refractivity contribution in [3.8, 4) is 0 Å². The van der Waals surface area contributed by atoms with Crippen molar-refractivity contribution in [2.45, 2.75) is 45.1 Å². The number of rotatable bonds is 6. The van der Waals surface area contributed by atoms with E-state index in [0.717, 1.165) is 41.9 Å². The summed E-state index contributed by atoms with van der Waals surface area (Å²) in [6.07, 6.45) is 4.22. The van der Waals surface area contributed by atoms with Crippen molar-refractivity contribution in [2.75, 3.05) is 16.8 Å². The molecule has 0 saturated carbocycles. The first-order valence-electron chi connectivity index (χ1n) is 10.8. The van der Waals surface area contributed by atoms with Gasteiger partial charge in [0.05, 0.1) is 16.6 Å². The molecule has 1 saturated heterocycles. The molecule has 0 aliphatic carbocycles. The zero-order valence-electron chi connectivity index (χ0n) is 18.1. The summed E-state index contributed by atoms with van der Waals surface area (Å²) < 4.78 is 2.02. The summed E-state index contributed by atoms with van der Waals surface area (Å²) in [5.41, 5.74) is 9.51. The number of piperidine rings is 1. The van der Waals surface area contributed by atoms with E-state index in [1.807, 2.05) is 48.0 Å². The van der Waals surface area contributed by atoms with Crippen LogP contribution in [0, 0.1) is 0 Å². The number of amides is 2. The number of benzene rings is 2. The van der Waals surface area contributed by atoms with Gasteiger partial charge in [-0.2, -0.15) is 0 Å². The lowest BCUT2D eigenvalue weighted by molar-refractivity contribution is -0.116. The van der Waals surface area contributed by atoms with Crippen molar-refractivity contribution in [1.82, 2.24) is 9.55 Å². The first-order valence-corrected chi connectivity index (χ1v) is 10.8. The maximum absolute atomic E-state index is 12.6. The Bertz CT molecular complexity index is 1120. The Morgan fingerprint density at radius 3 is 2.74 bits per heavy atom. The van der Waals surface area contributed by atoms with E-state index in [-0.39, 0.29) is 5.91 Å². The number of hydrogen-bond acceptors (Lipinski definition) is 4. The van der Waals surface area contributed by atoms with Gasteiger partial charge in [-0.05, 0) is 56.5 Å². The maximum atomic E-state index is 12.6. The molecule has 1 unspecified atom stereocenters. The monoisotopic (exact) mass is 419 g/mol. The van der Waals surface area contributed by atoms with Gasteiger partial charge in [-0.3, -0.25) is 9.59 Å². The minimum absolute atomic E-state index is 0.124. The topological polar surface area (TPSA) is 93.2 Å². The molecule has 0 spiro atoms. The van der Waals surface area contributed by atoms with Gasteiger partial charge < -0.3 is 20.5 Å². The summed E-state index contributed by atoms with van der Waals surface area (Å²) in [7, 11) is 1.96. The third-order valence-electron chi connectivity index (χ3n) is 6.11. The van der Waals surface area contributed by atoms with Crippen LogP contribution in [0.5, 0.6) is 0 Å². The number of hydrogen-bond donors (Lipinski definition) is 2. The molecule has 1 aromatic heterocycles. The van der Waals surface area contributed by atoms with Gasteiger partial charge >= 0.3 is 0 Å². The van der Waals surface area contributed by atoms with Gasteiger partial charge in [0.25, 0.3) is 5.91 Å². The average molecular weight is 420 g/mol. The van der Waals surface area contributed by atoms with Gasteiger partial charge in [0, 0.05) is 43.9 Å². The number of fused-ring (bicyclic) bond motifs is 1. The highest BCUT2D eigenvalue weighted by atomic mass is 16.2. The summed E-state index contributed by atoms with van der Waals surface area (Å²) in [6, 6.07) is 13.7. The van der Waals surface area contributed by atoms with E-state index >= 15 is 0 Å². The summed E-state index contributed by atoms with van der Waals surface area (Å²) in [4.78, 5) is 31.5. The summed E-state index contributed by atoms with van der Waals surface area (Å²) in [5, 5.41) is 2.90. The molecule has 4 rings (SSSR count). The number of nitrogens with zero attached hydrogens (tertiary/aromatic N) is 3. The summed E-state index contributed by atoms with van der Waals surface area (Å²) in [6.45, 7) is 3.08. The molecule has 31 heavy (non-hydrogen) atoms. The van der Waals surface area contributed by atoms with Crippen LogP contribution >= 0.6 is 0 Å². The van der Waals surface area contributed by atoms with E-state index in [1.54, 1.807) is 6.07 Å². The zero-order valence-corrected chi connectivity index (χ0v) is 18.1. The lowest BCUT2D eigenvalue weighted by Gasteiger charge is -2.36. The molecule has 3 N–H and O–H groups in total. The summed E-state index contributed by atoms with van der Waals surface area (Å²) >= 11 is 0. The van der Waals surface area contributed by atoms with Gasteiger partial charge in [-0.1, -0.05) is 12.1 Å². The second kappa shape index (κ2) is 8.79. The van der Waals surface area contributed by atoms with Crippen molar-refractivity contribution >= 4 is 34.2 Å². The average Bonchev–Trinajstić information content (AvgIpc) is 3.08. The molecule has 1 atom stereocenters. The van der Waals surface area contributed by atoms with Crippen LogP contribution in [0.3, 0.4) is 0 Å². The maximum Gasteiger partial charge on any atom is 0.250 e. The van der Waals surface area contributed by atoms with E-state index in [4.69, 9.17) is 5.73 Å². The molecular formula is C24H29N5O2. The smallest absolute Gasteiger partial charge is 0.250 e. The minimum Gasteiger partial charge on any atom is -0.368 e. The highest BCUT2D eigenvalue weighted by Gasteiger charge is 2.23. The number of carbonyl (C=O) groups excluding carboxylic acids is 2. The van der Waals surface area contributed by atoms with Crippen molar-refractivity contribution in [2.24, 2.45) is 12.8 Å². The molecule has 0 radical (unpaired) electrons. The summed E-state index contributed by atoms with van der Waals surface area (Å²) in [5.74, 6) is 0.258. The standard InChI is InChI=1S/C24H29N5O2/c1-16-7-5-6-14-29(16)20-11-10-17(15-18(20)24(25)31)26-23(30)13-12-22-27-19-8-3-4-9-21(19)28(22)2/h3-4,8-11,15-16H,5-7,12-14H2,1-2H3,(H2,25,31)(H,26,30). The van der Waals surface area contributed by atoms with Crippen molar-refractivity contribution < 1.29 is 9.59 Å². The molecule has 2 heterocycles. The lowest BCUT2D eigenvalue weighted by atomic mass is 10.0. The van der Waals surface area contributed by atoms with Gasteiger partial charge in [-0.25, -0.2) is 4.98 Å². The number of nitrogens with one attached hydrogen (secondary N) is 1. The largest absolute Gasteiger partial charge is 0.368 e. The fourth-order valence-corrected chi connectivity index (χ4v) is 4.39. The van der Waals surface area contributed by atoms with Gasteiger partial charge in [-0.15, -0.1) is 0 Å². The lowest BCUT2D eigenvalue weighted by Crippen LogP contribution is -2.38. The highest BCUT2D eigenvalue weighted by Crippen LogP contribution is 2.30. The molecule has 7 nitrogen and oxygen atoms in total. The Morgan fingerprint density at radius 1 is 1.19 bits per heavy atom. The quantitative estimate of drug-likeness (QED) is 0.638. The van der Waals surface area contributed by atoms with E-state index in [9.17, 15) is 9.59 Å². The Balaban J connectivity index is 1.45. The fraction of sp³-hybridized carbons (Fsp3) is 0.375. The van der Waals surface area contributed by atoms with E-state index in [1.165, 1.54) is 6.42 Å². The number of carbonyl (C=O) groups is 2. The highest BCUT2D eigenvalue weighted by molar-refractivity contribution is 6.01. The molecule has 2 aromatic carbocycles. The third kappa shape index (κ3) is 4.40. The molecule has 2 amide bonds. The molecule has 0 bridgehead atoms. The number of imidazole rings is 1. The number of primary amides is 1. The molecule has 1 aliphatic rings. The van der Waals surface area contributed by atoms with Crippen LogP contribution in [-0.4, -0.2) is 34.0 Å². The van der Waals surface area contributed by atoms with Crippen molar-refractivity contribution in [3.63, 3.8) is 0 Å². The second-order valence-electron chi connectivity index (χ2n) is 8.26. The molecular weight excluding hydrogens is 390 g/mol. The van der Waals surface area contributed by atoms with Crippen LogP contribution in [0.25, 0.3) is 11.0 Å². The van der Waals surface area contributed by atoms with Crippen LogP contribution < -0.4 is 16.0 Å². The molecule has 3 aromatic rings. The van der Waals surface area contributed by atoms with Crippen molar-refractivity contribution in [3.05, 3.63) is 53.9 Å². The van der Waals surface area contributed by atoms with Crippen LogP contribution in [0.4, 0.5) is 11.4 Å². The SMILES string of the molecule is CC1CCCCN1c1ccc(NC(=O)CCc2nc3ccccc3n2C)cc1C(N)=O. The zero-order chi connectivity index (χ0) is 22.0. The molecule has 1 fully saturated rings. The number of aryl methyl sites for hydroxylation is 2. The van der Waals surface area contributed by atoms with Crippen LogP contribution in [0.15, 0.2) is 42.5 Å². The predicted molar refractivity (Wildman–Crippen MR) is 123 cm³/mol. The first kappa shape index (κ1) is 20.9. The van der Waals surface area contributed by atoms with Crippen molar-refractivity contribution in [1.29, 1.82) is 0 Å². The van der Waals surface area contributed by atoms with Crippen LogP contribution in [-0.2, 0) is 18.3 Å². The van der Waals surface area contributed by atoms with E-state index < -0.39 is 5.91 Å². The normalized spacial score (nSPS) is 16.5. The van der Waals surface area contributed by atoms with Gasteiger partial charge in [0.1, 0.15) is 5.82 Å². The first-order chi connectivity index (χ1) is 14.9. The molecule has 1 aliphatic heterocycles. The molecule has 7 heteroatoms. The van der Waals surface area contributed by atoms with E-state index in [2.05, 4.69) is 22.1 Å². The number of para-hydroxylation sites is 2. The fourth-order valence-electron chi connectivity index (χ4n) is 4.39. The number of anilines is 2. The molecule has 162 valence electrons. The third-order valence-corrected chi connectivity index (χ3v) is 6.11. The Labute approximate surface area is 182 Å². The Kier molecular flexibility index (Phi) is 5.93. The van der Waals surface area contributed by atoms with Crippen LogP contribution in [0.2, 0.25) is 0 Å². The Morgan fingerprint density at radius 2 is 2.00 bits per heavy atom. The van der Waals surface area contributed by atoms with Crippen LogP contribution in [0.1, 0.15) is 48.8 Å². The Hall–Kier alpha value is -3.35. The second-order valence-corrected chi connectivity index (χ2v) is 8.26. The predicted octanol–water partition coefficient (Wildman–Crippen LogP) is 3.62.